The minimum absolute atomic E-state index is 1.03. The lowest BCUT2D eigenvalue weighted by Crippen LogP contribution is -2.13. The van der Waals surface area contributed by atoms with Crippen LogP contribution in [0, 0.1) is 13.8 Å². The van der Waals surface area contributed by atoms with Gasteiger partial charge in [-0.2, -0.15) is 0 Å². The summed E-state index contributed by atoms with van der Waals surface area (Å²) in [7, 11) is 4.18. The Kier molecular flexibility index (Phi) is 3.01. The average Bonchev–Trinajstić information content (AvgIpc) is 2.51. The van der Waals surface area contributed by atoms with E-state index in [1.54, 1.807) is 0 Å². The fourth-order valence-electron chi connectivity index (χ4n) is 2.55. The van der Waals surface area contributed by atoms with Gasteiger partial charge >= 0.3 is 0 Å². The number of aryl methyl sites for hydroxylation is 3. The first-order valence-electron chi connectivity index (χ1n) is 5.85. The number of para-hydroxylation sites is 1. The zero-order valence-corrected chi connectivity index (χ0v) is 10.6. The van der Waals surface area contributed by atoms with Gasteiger partial charge in [0, 0.05) is 31.1 Å². The van der Waals surface area contributed by atoms with E-state index in [4.69, 9.17) is 0 Å². The number of benzene rings is 1. The standard InChI is InChI=1S/C14H20N2/c1-10-6-5-7-12-11(2)13(8-9-15-3)16(4)14(10)12/h5-7,15H,8-9H2,1-4H3. The van der Waals surface area contributed by atoms with Crippen LogP contribution in [0.3, 0.4) is 0 Å². The van der Waals surface area contributed by atoms with Crippen molar-refractivity contribution < 1.29 is 0 Å². The number of likely N-dealkylation sites (N-methyl/N-ethyl adjacent to an activating group) is 1. The zero-order chi connectivity index (χ0) is 11.7. The molecule has 2 heteroatoms. The van der Waals surface area contributed by atoms with Gasteiger partial charge in [0.2, 0.25) is 0 Å². The third-order valence-electron chi connectivity index (χ3n) is 3.43. The molecule has 1 N–H and O–H groups in total. The van der Waals surface area contributed by atoms with Gasteiger partial charge in [-0.05, 0) is 32.0 Å². The van der Waals surface area contributed by atoms with Crippen LogP contribution in [0.5, 0.6) is 0 Å². The molecule has 0 aliphatic heterocycles. The van der Waals surface area contributed by atoms with Crippen molar-refractivity contribution in [3.05, 3.63) is 35.0 Å². The summed E-state index contributed by atoms with van der Waals surface area (Å²) >= 11 is 0. The fourth-order valence-corrected chi connectivity index (χ4v) is 2.55. The highest BCUT2D eigenvalue weighted by Gasteiger charge is 2.11. The minimum atomic E-state index is 1.03. The molecule has 2 aromatic rings. The van der Waals surface area contributed by atoms with Gasteiger partial charge < -0.3 is 9.88 Å². The Bertz CT molecular complexity index is 509. The third kappa shape index (κ3) is 1.63. The molecule has 0 aliphatic rings. The van der Waals surface area contributed by atoms with E-state index in [0.717, 1.165) is 13.0 Å². The quantitative estimate of drug-likeness (QED) is 0.834. The summed E-state index contributed by atoms with van der Waals surface area (Å²) in [5.41, 5.74) is 5.61. The van der Waals surface area contributed by atoms with Crippen LogP contribution in [0.4, 0.5) is 0 Å². The molecule has 0 amide bonds. The predicted octanol–water partition coefficient (Wildman–Crippen LogP) is 2.56. The van der Waals surface area contributed by atoms with Crippen LogP contribution in [-0.2, 0) is 13.5 Å². The van der Waals surface area contributed by atoms with Gasteiger partial charge in [0.15, 0.2) is 0 Å². The predicted molar refractivity (Wildman–Crippen MR) is 70.0 cm³/mol. The number of hydrogen-bond acceptors (Lipinski definition) is 1. The van der Waals surface area contributed by atoms with Crippen LogP contribution in [0.2, 0.25) is 0 Å². The number of nitrogens with one attached hydrogen (secondary N) is 1. The molecule has 1 aromatic heterocycles. The first-order valence-corrected chi connectivity index (χ1v) is 5.85. The van der Waals surface area contributed by atoms with E-state index in [0.29, 0.717) is 0 Å². The van der Waals surface area contributed by atoms with Gasteiger partial charge in [0.05, 0.1) is 5.52 Å². The van der Waals surface area contributed by atoms with E-state index >= 15 is 0 Å². The van der Waals surface area contributed by atoms with Crippen molar-refractivity contribution in [2.45, 2.75) is 20.3 Å². The van der Waals surface area contributed by atoms with Gasteiger partial charge in [0.25, 0.3) is 0 Å². The zero-order valence-electron chi connectivity index (χ0n) is 10.6. The molecule has 16 heavy (non-hydrogen) atoms. The number of nitrogens with zero attached hydrogens (tertiary/aromatic N) is 1. The lowest BCUT2D eigenvalue weighted by Gasteiger charge is -2.06. The summed E-state index contributed by atoms with van der Waals surface area (Å²) < 4.78 is 2.34. The second-order valence-corrected chi connectivity index (χ2v) is 4.46. The Morgan fingerprint density at radius 2 is 2.00 bits per heavy atom. The van der Waals surface area contributed by atoms with E-state index in [-0.39, 0.29) is 0 Å². The Balaban J connectivity index is 2.62. The first kappa shape index (κ1) is 11.2. The number of fused-ring (bicyclic) bond motifs is 1. The molecule has 1 heterocycles. The summed E-state index contributed by atoms with van der Waals surface area (Å²) in [5.74, 6) is 0. The average molecular weight is 216 g/mol. The smallest absolute Gasteiger partial charge is 0.0512 e. The topological polar surface area (TPSA) is 17.0 Å². The van der Waals surface area contributed by atoms with E-state index < -0.39 is 0 Å². The van der Waals surface area contributed by atoms with E-state index in [1.165, 1.54) is 27.7 Å². The molecule has 0 atom stereocenters. The van der Waals surface area contributed by atoms with Gasteiger partial charge in [-0.3, -0.25) is 0 Å². The third-order valence-corrected chi connectivity index (χ3v) is 3.43. The van der Waals surface area contributed by atoms with Crippen LogP contribution < -0.4 is 5.32 Å². The van der Waals surface area contributed by atoms with Crippen molar-refractivity contribution in [2.75, 3.05) is 13.6 Å². The number of aromatic nitrogens is 1. The SMILES string of the molecule is CNCCc1c(C)c2cccc(C)c2n1C. The molecule has 0 saturated heterocycles. The molecular weight excluding hydrogens is 196 g/mol. The Labute approximate surface area is 97.3 Å². The van der Waals surface area contributed by atoms with Crippen molar-refractivity contribution >= 4 is 10.9 Å². The highest BCUT2D eigenvalue weighted by Crippen LogP contribution is 2.27. The molecule has 0 spiro atoms. The molecule has 2 rings (SSSR count). The second kappa shape index (κ2) is 4.30. The molecular formula is C14H20N2. The van der Waals surface area contributed by atoms with Crippen LogP contribution in [-0.4, -0.2) is 18.2 Å². The highest BCUT2D eigenvalue weighted by atomic mass is 15.0. The van der Waals surface area contributed by atoms with E-state index in [1.807, 2.05) is 7.05 Å². The van der Waals surface area contributed by atoms with E-state index in [2.05, 4.69) is 49.0 Å². The van der Waals surface area contributed by atoms with Crippen molar-refractivity contribution in [2.24, 2.45) is 7.05 Å². The summed E-state index contributed by atoms with van der Waals surface area (Å²) in [5, 5.41) is 4.61. The van der Waals surface area contributed by atoms with Gasteiger partial charge in [-0.15, -0.1) is 0 Å². The first-order chi connectivity index (χ1) is 7.66. The number of hydrogen-bond donors (Lipinski definition) is 1. The highest BCUT2D eigenvalue weighted by molar-refractivity contribution is 5.87. The van der Waals surface area contributed by atoms with Crippen LogP contribution in [0.25, 0.3) is 10.9 Å². The molecule has 2 nitrogen and oxygen atoms in total. The summed E-state index contributed by atoms with van der Waals surface area (Å²) in [6.45, 7) is 5.44. The molecule has 0 unspecified atom stereocenters. The molecule has 0 aliphatic carbocycles. The Morgan fingerprint density at radius 1 is 1.25 bits per heavy atom. The molecule has 0 saturated carbocycles. The maximum Gasteiger partial charge on any atom is 0.0512 e. The lowest BCUT2D eigenvalue weighted by molar-refractivity contribution is 0.741. The Morgan fingerprint density at radius 3 is 2.62 bits per heavy atom. The summed E-state index contributed by atoms with van der Waals surface area (Å²) in [6, 6.07) is 6.55. The maximum atomic E-state index is 3.22. The second-order valence-electron chi connectivity index (χ2n) is 4.46. The normalized spacial score (nSPS) is 11.2. The van der Waals surface area contributed by atoms with Gasteiger partial charge in [-0.25, -0.2) is 0 Å². The van der Waals surface area contributed by atoms with Crippen molar-refractivity contribution in [1.82, 2.24) is 9.88 Å². The monoisotopic (exact) mass is 216 g/mol. The summed E-state index contributed by atoms with van der Waals surface area (Å²) in [4.78, 5) is 0. The van der Waals surface area contributed by atoms with E-state index in [9.17, 15) is 0 Å². The summed E-state index contributed by atoms with van der Waals surface area (Å²) in [6.07, 6.45) is 1.09. The van der Waals surface area contributed by atoms with Crippen molar-refractivity contribution in [3.8, 4) is 0 Å². The molecule has 0 radical (unpaired) electrons. The molecule has 0 bridgehead atoms. The van der Waals surface area contributed by atoms with Crippen molar-refractivity contribution in [1.29, 1.82) is 0 Å². The van der Waals surface area contributed by atoms with Crippen LogP contribution in [0.15, 0.2) is 18.2 Å². The van der Waals surface area contributed by atoms with Gasteiger partial charge in [0.1, 0.15) is 0 Å². The molecule has 86 valence electrons. The maximum absolute atomic E-state index is 3.22. The van der Waals surface area contributed by atoms with Crippen molar-refractivity contribution in [3.63, 3.8) is 0 Å². The fraction of sp³-hybridized carbons (Fsp3) is 0.429. The number of rotatable bonds is 3. The van der Waals surface area contributed by atoms with Crippen LogP contribution >= 0.6 is 0 Å². The van der Waals surface area contributed by atoms with Crippen LogP contribution in [0.1, 0.15) is 16.8 Å². The Hall–Kier alpha value is -1.28. The largest absolute Gasteiger partial charge is 0.347 e. The van der Waals surface area contributed by atoms with Gasteiger partial charge in [-0.1, -0.05) is 18.2 Å². The molecule has 0 fully saturated rings. The molecule has 1 aromatic carbocycles. The minimum Gasteiger partial charge on any atom is -0.347 e. The lowest BCUT2D eigenvalue weighted by atomic mass is 10.1.